The fourth-order valence-corrected chi connectivity index (χ4v) is 3.25. The Morgan fingerprint density at radius 1 is 1.15 bits per heavy atom. The van der Waals surface area contributed by atoms with Gasteiger partial charge in [0.05, 0.1) is 20.5 Å². The molecule has 0 aliphatic heterocycles. The number of aromatic nitrogens is 2. The zero-order valence-corrected chi connectivity index (χ0v) is 14.4. The molecule has 0 bridgehead atoms. The Morgan fingerprint density at radius 3 is 2.12 bits per heavy atom. The topological polar surface area (TPSA) is 73.3 Å². The first-order valence-electron chi connectivity index (χ1n) is 6.34. The van der Waals surface area contributed by atoms with Gasteiger partial charge in [0.25, 0.3) is 0 Å². The molecule has 0 fully saturated rings. The number of hydrogen-bond donors (Lipinski definition) is 1. The summed E-state index contributed by atoms with van der Waals surface area (Å²) in [4.78, 5) is 9.81. The lowest BCUT2D eigenvalue weighted by molar-refractivity contribution is -0.137. The highest BCUT2D eigenvalue weighted by atomic mass is 35.5. The zero-order chi connectivity index (χ0) is 19.9. The van der Waals surface area contributed by atoms with Gasteiger partial charge in [-0.1, -0.05) is 28.4 Å². The van der Waals surface area contributed by atoms with Crippen molar-refractivity contribution in [3.05, 3.63) is 38.3 Å². The van der Waals surface area contributed by atoms with Crippen LogP contribution in [0.25, 0.3) is 5.69 Å². The Bertz CT molecular complexity index is 828. The summed E-state index contributed by atoms with van der Waals surface area (Å²) >= 11 is 11.0. The molecule has 142 valence electrons. The lowest BCUT2D eigenvalue weighted by atomic mass is 10.2. The van der Waals surface area contributed by atoms with Crippen molar-refractivity contribution in [3.63, 3.8) is 0 Å². The molecule has 2 aromatic rings. The van der Waals surface area contributed by atoms with Crippen LogP contribution in [-0.4, -0.2) is 15.3 Å². The van der Waals surface area contributed by atoms with Gasteiger partial charge < -0.3 is 5.73 Å². The molecule has 0 unspecified atom stereocenters. The van der Waals surface area contributed by atoms with Gasteiger partial charge in [-0.3, -0.25) is 0 Å². The molecule has 1 aromatic heterocycles. The van der Waals surface area contributed by atoms with Crippen LogP contribution < -0.4 is 5.73 Å². The van der Waals surface area contributed by atoms with E-state index < -0.39 is 62.0 Å². The van der Waals surface area contributed by atoms with Crippen LogP contribution in [0.5, 0.6) is 0 Å². The number of anilines is 1. The van der Waals surface area contributed by atoms with E-state index in [0.29, 0.717) is 16.8 Å². The summed E-state index contributed by atoms with van der Waals surface area (Å²) in [7, 11) is 0. The van der Waals surface area contributed by atoms with Crippen molar-refractivity contribution in [2.75, 3.05) is 5.73 Å². The molecule has 0 radical (unpaired) electrons. The molecule has 0 atom stereocenters. The second kappa shape index (κ2) is 7.16. The normalized spacial score (nSPS) is 12.5. The van der Waals surface area contributed by atoms with E-state index in [1.54, 1.807) is 0 Å². The maximum atomic E-state index is 12.8. The number of nitroso groups, excluding NO2 is 1. The van der Waals surface area contributed by atoms with Crippen LogP contribution in [0.2, 0.25) is 10.0 Å². The number of alkyl halides is 6. The van der Waals surface area contributed by atoms with Crippen LogP contribution in [0.4, 0.5) is 32.2 Å². The summed E-state index contributed by atoms with van der Waals surface area (Å²) in [6.45, 7) is -0.745. The van der Waals surface area contributed by atoms with Crippen molar-refractivity contribution in [1.82, 2.24) is 9.78 Å². The second-order valence-corrected chi connectivity index (χ2v) is 6.58. The smallest absolute Gasteiger partial charge is 0.383 e. The molecular formula is C12H6Cl2F6N4OS. The molecule has 14 heteroatoms. The van der Waals surface area contributed by atoms with Crippen molar-refractivity contribution in [3.8, 4) is 5.69 Å². The number of benzene rings is 1. The summed E-state index contributed by atoms with van der Waals surface area (Å²) in [6.07, 6.45) is -4.74. The third-order valence-electron chi connectivity index (χ3n) is 2.93. The molecule has 0 aliphatic carbocycles. The van der Waals surface area contributed by atoms with E-state index in [1.807, 2.05) is 0 Å². The van der Waals surface area contributed by atoms with Gasteiger partial charge >= 0.3 is 11.7 Å². The van der Waals surface area contributed by atoms with Gasteiger partial charge in [0.2, 0.25) is 0 Å². The minimum absolute atomic E-state index is 0.361. The SMILES string of the molecule is Nc1c(SC(F)(F)F)c(CN=O)nn1-c1c(Cl)cc(C(F)(F)F)cc1Cl. The molecule has 2 rings (SSSR count). The number of nitrogens with two attached hydrogens (primary N) is 1. The van der Waals surface area contributed by atoms with Crippen LogP contribution in [0.1, 0.15) is 11.3 Å². The molecular weight excluding hydrogens is 433 g/mol. The molecule has 0 amide bonds. The summed E-state index contributed by atoms with van der Waals surface area (Å²) in [5, 5.41) is 5.06. The zero-order valence-electron chi connectivity index (χ0n) is 12.1. The van der Waals surface area contributed by atoms with Crippen molar-refractivity contribution < 1.29 is 26.3 Å². The predicted molar refractivity (Wildman–Crippen MR) is 84.4 cm³/mol. The van der Waals surface area contributed by atoms with Crippen LogP contribution >= 0.6 is 35.0 Å². The van der Waals surface area contributed by atoms with Gasteiger partial charge in [0.15, 0.2) is 0 Å². The lowest BCUT2D eigenvalue weighted by Crippen LogP contribution is -2.09. The fourth-order valence-electron chi connectivity index (χ4n) is 1.96. The van der Waals surface area contributed by atoms with Crippen LogP contribution in [0.15, 0.2) is 22.2 Å². The van der Waals surface area contributed by atoms with E-state index in [9.17, 15) is 31.2 Å². The number of thioether (sulfide) groups is 1. The maximum Gasteiger partial charge on any atom is 0.446 e. The summed E-state index contributed by atoms with van der Waals surface area (Å²) in [5.74, 6) is -0.602. The highest BCUT2D eigenvalue weighted by molar-refractivity contribution is 8.00. The van der Waals surface area contributed by atoms with Crippen molar-refractivity contribution in [2.24, 2.45) is 5.18 Å². The Labute approximate surface area is 155 Å². The summed E-state index contributed by atoms with van der Waals surface area (Å²) in [6, 6.07) is 1.05. The van der Waals surface area contributed by atoms with Crippen molar-refractivity contribution >= 4 is 40.8 Å². The Kier molecular flexibility index (Phi) is 5.69. The monoisotopic (exact) mass is 438 g/mol. The van der Waals surface area contributed by atoms with Crippen molar-refractivity contribution in [1.29, 1.82) is 0 Å². The van der Waals surface area contributed by atoms with Gasteiger partial charge in [-0.15, -0.1) is 0 Å². The first-order valence-corrected chi connectivity index (χ1v) is 7.91. The molecule has 0 aliphatic rings. The number of nitrogen functional groups attached to an aromatic ring is 1. The number of hydrogen-bond acceptors (Lipinski definition) is 5. The summed E-state index contributed by atoms with van der Waals surface area (Å²) < 4.78 is 77.0. The van der Waals surface area contributed by atoms with Crippen LogP contribution in [-0.2, 0) is 12.7 Å². The molecule has 1 aromatic carbocycles. The standard InChI is InChI=1S/C12H6Cl2F6N4OS/c13-5-1-4(11(15,16)17)2-6(14)8(5)24-10(21)9(26-12(18,19)20)7(23-24)3-22-25/h1-2H,3,21H2. The molecule has 1 heterocycles. The van der Waals surface area contributed by atoms with Gasteiger partial charge in [-0.05, 0) is 23.9 Å². The Balaban J connectivity index is 2.66. The largest absolute Gasteiger partial charge is 0.446 e. The molecule has 0 saturated heterocycles. The maximum absolute atomic E-state index is 12.8. The predicted octanol–water partition coefficient (Wildman–Crippen LogP) is 5.66. The van der Waals surface area contributed by atoms with Gasteiger partial charge in [0.1, 0.15) is 23.7 Å². The highest BCUT2D eigenvalue weighted by Gasteiger charge is 2.35. The first-order chi connectivity index (χ1) is 11.8. The number of halogens is 8. The van der Waals surface area contributed by atoms with E-state index >= 15 is 0 Å². The molecule has 0 spiro atoms. The van der Waals surface area contributed by atoms with Gasteiger partial charge in [0, 0.05) is 0 Å². The molecule has 2 N–H and O–H groups in total. The second-order valence-electron chi connectivity index (χ2n) is 4.69. The lowest BCUT2D eigenvalue weighted by Gasteiger charge is -2.13. The van der Waals surface area contributed by atoms with Crippen LogP contribution in [0, 0.1) is 4.91 Å². The Hall–Kier alpha value is -1.66. The molecule has 0 saturated carbocycles. The third-order valence-corrected chi connectivity index (χ3v) is 4.39. The number of rotatable bonds is 4. The van der Waals surface area contributed by atoms with E-state index in [1.165, 1.54) is 0 Å². The fraction of sp³-hybridized carbons (Fsp3) is 0.250. The van der Waals surface area contributed by atoms with Crippen LogP contribution in [0.3, 0.4) is 0 Å². The van der Waals surface area contributed by atoms with E-state index in [4.69, 9.17) is 28.9 Å². The minimum atomic E-state index is -4.76. The highest BCUT2D eigenvalue weighted by Crippen LogP contribution is 2.44. The quantitative estimate of drug-likeness (QED) is 0.379. The average molecular weight is 439 g/mol. The van der Waals surface area contributed by atoms with E-state index in [0.717, 1.165) is 0 Å². The first kappa shape index (κ1) is 20.6. The van der Waals surface area contributed by atoms with Gasteiger partial charge in [-0.2, -0.15) is 36.3 Å². The number of nitrogens with zero attached hydrogens (tertiary/aromatic N) is 3. The average Bonchev–Trinajstić information content (AvgIpc) is 2.74. The van der Waals surface area contributed by atoms with Crippen molar-refractivity contribution in [2.45, 2.75) is 23.1 Å². The summed E-state index contributed by atoms with van der Waals surface area (Å²) in [5.41, 5.74) is -1.08. The minimum Gasteiger partial charge on any atom is -0.383 e. The van der Waals surface area contributed by atoms with E-state index in [-0.39, 0.29) is 5.69 Å². The molecule has 5 nitrogen and oxygen atoms in total. The third kappa shape index (κ3) is 4.35. The van der Waals surface area contributed by atoms with Gasteiger partial charge in [-0.25, -0.2) is 4.68 Å². The Morgan fingerprint density at radius 2 is 1.69 bits per heavy atom. The van der Waals surface area contributed by atoms with E-state index in [2.05, 4.69) is 10.3 Å². The molecule has 26 heavy (non-hydrogen) atoms.